The molecule has 4 heteroatoms. The lowest BCUT2D eigenvalue weighted by molar-refractivity contribution is 0.973. The highest BCUT2D eigenvalue weighted by atomic mass is 15.2. The smallest absolute Gasteiger partial charge is 0.142 e. The third-order valence-electron chi connectivity index (χ3n) is 3.88. The fourth-order valence-electron chi connectivity index (χ4n) is 2.56. The number of aliphatic imine (C=N–C) groups is 1. The van der Waals surface area contributed by atoms with Gasteiger partial charge in [0.05, 0.1) is 18.2 Å². The first kappa shape index (κ1) is 16.4. The Balaban J connectivity index is 1.87. The van der Waals surface area contributed by atoms with E-state index in [4.69, 9.17) is 11.1 Å². The molecule has 0 radical (unpaired) electrons. The van der Waals surface area contributed by atoms with Crippen molar-refractivity contribution < 1.29 is 0 Å². The predicted molar refractivity (Wildman–Crippen MR) is 101 cm³/mol. The van der Waals surface area contributed by atoms with Crippen LogP contribution in [0.2, 0.25) is 0 Å². The molecule has 0 spiro atoms. The molecule has 0 aliphatic rings. The van der Waals surface area contributed by atoms with Crippen LogP contribution >= 0.6 is 0 Å². The molecule has 3 N–H and O–H groups in total. The van der Waals surface area contributed by atoms with E-state index in [9.17, 15) is 0 Å². The van der Waals surface area contributed by atoms with Crippen LogP contribution in [0.3, 0.4) is 0 Å². The molecule has 0 heterocycles. The monoisotopic (exact) mass is 326 g/mol. The largest absolute Gasteiger partial charge is 0.308 e. The van der Waals surface area contributed by atoms with Crippen LogP contribution in [0.4, 0.5) is 0 Å². The Bertz CT molecular complexity index is 907. The van der Waals surface area contributed by atoms with E-state index in [2.05, 4.69) is 16.5 Å². The maximum Gasteiger partial charge on any atom is 0.142 e. The summed E-state index contributed by atoms with van der Waals surface area (Å²) in [6, 6.07) is 27.7. The summed E-state index contributed by atoms with van der Waals surface area (Å²) in [5.74, 6) is 6.32. The number of rotatable bonds is 4. The molecular weight excluding hydrogens is 308 g/mol. The van der Waals surface area contributed by atoms with Gasteiger partial charge in [-0.2, -0.15) is 5.26 Å². The number of nitriles is 1. The summed E-state index contributed by atoms with van der Waals surface area (Å²) in [6.07, 6.45) is 0. The number of nitrogens with one attached hydrogen (secondary N) is 1. The maximum atomic E-state index is 8.91. The predicted octanol–water partition coefficient (Wildman–Crippen LogP) is 3.64. The molecule has 0 aliphatic carbocycles. The second-order valence-electron chi connectivity index (χ2n) is 5.56. The molecule has 0 aliphatic heterocycles. The van der Waals surface area contributed by atoms with E-state index in [-0.39, 0.29) is 0 Å². The molecule has 0 amide bonds. The van der Waals surface area contributed by atoms with Crippen molar-refractivity contribution in [2.24, 2.45) is 10.8 Å². The van der Waals surface area contributed by atoms with Crippen molar-refractivity contribution in [1.29, 1.82) is 5.26 Å². The Kier molecular flexibility index (Phi) is 5.20. The van der Waals surface area contributed by atoms with Crippen LogP contribution in [-0.2, 0) is 6.54 Å². The van der Waals surface area contributed by atoms with Crippen LogP contribution in [0.25, 0.3) is 11.1 Å². The number of nitrogens with zero attached hydrogens (tertiary/aromatic N) is 2. The molecule has 0 unspecified atom stereocenters. The van der Waals surface area contributed by atoms with Crippen molar-refractivity contribution >= 4 is 5.84 Å². The van der Waals surface area contributed by atoms with Crippen molar-refractivity contribution in [2.45, 2.75) is 6.54 Å². The average molecular weight is 326 g/mol. The van der Waals surface area contributed by atoms with E-state index in [1.807, 2.05) is 78.9 Å². The number of hydrogen-bond acceptors (Lipinski definition) is 3. The fraction of sp³-hybridized carbons (Fsp3) is 0.0476. The highest BCUT2D eigenvalue weighted by Crippen LogP contribution is 2.21. The molecular formula is C21H18N4. The van der Waals surface area contributed by atoms with Gasteiger partial charge >= 0.3 is 0 Å². The molecule has 0 fully saturated rings. The van der Waals surface area contributed by atoms with Gasteiger partial charge in [0.25, 0.3) is 0 Å². The second-order valence-corrected chi connectivity index (χ2v) is 5.56. The van der Waals surface area contributed by atoms with Crippen LogP contribution in [0.1, 0.15) is 16.7 Å². The lowest BCUT2D eigenvalue weighted by atomic mass is 10.0. The van der Waals surface area contributed by atoms with Crippen LogP contribution in [-0.4, -0.2) is 5.84 Å². The number of nitrogens with two attached hydrogens (primary N) is 1. The molecule has 0 bridgehead atoms. The molecule has 0 saturated heterocycles. The van der Waals surface area contributed by atoms with Crippen molar-refractivity contribution in [3.05, 3.63) is 95.6 Å². The number of hydrazine groups is 1. The lowest BCUT2D eigenvalue weighted by Gasteiger charge is -2.09. The van der Waals surface area contributed by atoms with Gasteiger partial charge in [-0.25, -0.2) is 5.84 Å². The maximum absolute atomic E-state index is 8.91. The quantitative estimate of drug-likeness (QED) is 0.333. The first-order valence-electron chi connectivity index (χ1n) is 7.96. The molecule has 3 aromatic rings. The van der Waals surface area contributed by atoms with Crippen molar-refractivity contribution in [1.82, 2.24) is 5.43 Å². The fourth-order valence-corrected chi connectivity index (χ4v) is 2.56. The van der Waals surface area contributed by atoms with Gasteiger partial charge in [0.15, 0.2) is 0 Å². The lowest BCUT2D eigenvalue weighted by Crippen LogP contribution is -2.31. The van der Waals surface area contributed by atoms with Gasteiger partial charge in [-0.3, -0.25) is 4.99 Å². The SMILES string of the molecule is N#Cc1ccc(-c2cccc(/C(=N/Cc3ccccc3)NN)c2)cc1. The van der Waals surface area contributed by atoms with Crippen LogP contribution < -0.4 is 11.3 Å². The zero-order chi connectivity index (χ0) is 17.5. The highest BCUT2D eigenvalue weighted by molar-refractivity contribution is 5.99. The summed E-state index contributed by atoms with van der Waals surface area (Å²) in [4.78, 5) is 4.58. The second kappa shape index (κ2) is 7.91. The van der Waals surface area contributed by atoms with E-state index in [0.717, 1.165) is 22.3 Å². The van der Waals surface area contributed by atoms with Crippen molar-refractivity contribution in [3.8, 4) is 17.2 Å². The third-order valence-corrected chi connectivity index (χ3v) is 3.88. The summed E-state index contributed by atoms with van der Waals surface area (Å²) in [5.41, 5.74) is 7.47. The van der Waals surface area contributed by atoms with Gasteiger partial charge in [-0.15, -0.1) is 0 Å². The van der Waals surface area contributed by atoms with Gasteiger partial charge in [0.1, 0.15) is 5.84 Å². The zero-order valence-electron chi connectivity index (χ0n) is 13.7. The van der Waals surface area contributed by atoms with Crippen LogP contribution in [0.5, 0.6) is 0 Å². The molecule has 3 rings (SSSR count). The molecule has 0 atom stereocenters. The Morgan fingerprint density at radius 2 is 1.68 bits per heavy atom. The van der Waals surface area contributed by atoms with Gasteiger partial charge in [-0.1, -0.05) is 60.7 Å². The van der Waals surface area contributed by atoms with E-state index in [1.165, 1.54) is 0 Å². The summed E-state index contributed by atoms with van der Waals surface area (Å²) in [6.45, 7) is 0.557. The summed E-state index contributed by atoms with van der Waals surface area (Å²) in [5, 5.41) is 8.91. The summed E-state index contributed by atoms with van der Waals surface area (Å²) in [7, 11) is 0. The summed E-state index contributed by atoms with van der Waals surface area (Å²) < 4.78 is 0. The average Bonchev–Trinajstić information content (AvgIpc) is 2.69. The first-order chi connectivity index (χ1) is 12.3. The highest BCUT2D eigenvalue weighted by Gasteiger charge is 2.05. The first-order valence-corrected chi connectivity index (χ1v) is 7.96. The third kappa shape index (κ3) is 4.11. The Labute approximate surface area is 147 Å². The molecule has 0 saturated carbocycles. The van der Waals surface area contributed by atoms with Crippen molar-refractivity contribution in [3.63, 3.8) is 0 Å². The summed E-state index contributed by atoms with van der Waals surface area (Å²) >= 11 is 0. The van der Waals surface area contributed by atoms with Crippen LogP contribution in [0.15, 0.2) is 83.9 Å². The topological polar surface area (TPSA) is 74.2 Å². The number of benzene rings is 3. The van der Waals surface area contributed by atoms with Crippen molar-refractivity contribution in [2.75, 3.05) is 0 Å². The van der Waals surface area contributed by atoms with Gasteiger partial charge in [0.2, 0.25) is 0 Å². The Morgan fingerprint density at radius 3 is 2.36 bits per heavy atom. The molecule has 25 heavy (non-hydrogen) atoms. The Hall–Kier alpha value is -3.42. The Morgan fingerprint density at radius 1 is 0.920 bits per heavy atom. The van der Waals surface area contributed by atoms with Gasteiger partial charge in [-0.05, 0) is 34.9 Å². The minimum absolute atomic E-state index is 0.557. The van der Waals surface area contributed by atoms with E-state index in [0.29, 0.717) is 17.9 Å². The molecule has 4 nitrogen and oxygen atoms in total. The number of hydrogen-bond donors (Lipinski definition) is 2. The molecule has 0 aromatic heterocycles. The standard InChI is InChI=1S/C21H18N4/c22-14-16-9-11-18(12-10-16)19-7-4-8-20(13-19)21(25-23)24-15-17-5-2-1-3-6-17/h1-13H,15,23H2,(H,24,25). The number of amidine groups is 1. The van der Waals surface area contributed by atoms with E-state index in [1.54, 1.807) is 0 Å². The van der Waals surface area contributed by atoms with Crippen LogP contribution in [0, 0.1) is 11.3 Å². The molecule has 3 aromatic carbocycles. The zero-order valence-corrected chi connectivity index (χ0v) is 13.7. The minimum Gasteiger partial charge on any atom is -0.308 e. The van der Waals surface area contributed by atoms with E-state index >= 15 is 0 Å². The van der Waals surface area contributed by atoms with E-state index < -0.39 is 0 Å². The van der Waals surface area contributed by atoms with Gasteiger partial charge < -0.3 is 5.43 Å². The minimum atomic E-state index is 0.557. The normalized spacial score (nSPS) is 11.0. The molecule has 122 valence electrons. The van der Waals surface area contributed by atoms with Gasteiger partial charge in [0, 0.05) is 5.56 Å².